The van der Waals surface area contributed by atoms with E-state index in [1.807, 2.05) is 30.3 Å². The predicted molar refractivity (Wildman–Crippen MR) is 57.6 cm³/mol. The van der Waals surface area contributed by atoms with E-state index in [1.54, 1.807) is 7.11 Å². The first kappa shape index (κ1) is 11.2. The molecule has 3 nitrogen and oxygen atoms in total. The van der Waals surface area contributed by atoms with Crippen LogP contribution in [0, 0.1) is 0 Å². The van der Waals surface area contributed by atoms with Gasteiger partial charge in [0.1, 0.15) is 0 Å². The third-order valence-electron chi connectivity index (χ3n) is 2.42. The Bertz CT molecular complexity index is 247. The smallest absolute Gasteiger partial charge is 0.0776 e. The van der Waals surface area contributed by atoms with Crippen molar-refractivity contribution in [3.8, 4) is 0 Å². The van der Waals surface area contributed by atoms with E-state index >= 15 is 0 Å². The largest absolute Gasteiger partial charge is 0.379 e. The highest BCUT2D eigenvalue weighted by molar-refractivity contribution is 5.19. The van der Waals surface area contributed by atoms with Gasteiger partial charge in [-0.3, -0.25) is 11.3 Å². The Morgan fingerprint density at radius 3 is 2.43 bits per heavy atom. The molecule has 0 aliphatic rings. The minimum atomic E-state index is 0.0613. The Hall–Kier alpha value is -0.900. The highest BCUT2D eigenvalue weighted by Gasteiger charge is 2.19. The molecule has 2 atom stereocenters. The maximum Gasteiger partial charge on any atom is 0.0776 e. The Kier molecular flexibility index (Phi) is 4.59. The summed E-state index contributed by atoms with van der Waals surface area (Å²) in [6, 6.07) is 10.2. The van der Waals surface area contributed by atoms with Gasteiger partial charge in [-0.25, -0.2) is 0 Å². The van der Waals surface area contributed by atoms with Gasteiger partial charge in [-0.2, -0.15) is 0 Å². The molecule has 1 aromatic carbocycles. The second-order valence-corrected chi connectivity index (χ2v) is 3.24. The van der Waals surface area contributed by atoms with Gasteiger partial charge in [0.05, 0.1) is 12.1 Å². The van der Waals surface area contributed by atoms with Crippen LogP contribution < -0.4 is 11.3 Å². The third-order valence-corrected chi connectivity index (χ3v) is 2.42. The van der Waals surface area contributed by atoms with Gasteiger partial charge in [0.2, 0.25) is 0 Å². The van der Waals surface area contributed by atoms with Gasteiger partial charge >= 0.3 is 0 Å². The van der Waals surface area contributed by atoms with Gasteiger partial charge in [-0.15, -0.1) is 0 Å². The lowest BCUT2D eigenvalue weighted by atomic mass is 10.0. The lowest BCUT2D eigenvalue weighted by molar-refractivity contribution is 0.0651. The summed E-state index contributed by atoms with van der Waals surface area (Å²) in [5, 5.41) is 0. The summed E-state index contributed by atoms with van der Waals surface area (Å²) in [7, 11) is 1.71. The average Bonchev–Trinajstić information content (AvgIpc) is 2.27. The lowest BCUT2D eigenvalue weighted by Gasteiger charge is -2.24. The summed E-state index contributed by atoms with van der Waals surface area (Å²) in [5.74, 6) is 5.53. The Balaban J connectivity index is 2.81. The number of nitrogens with one attached hydrogen (secondary N) is 1. The molecule has 0 aliphatic carbocycles. The van der Waals surface area contributed by atoms with Crippen LogP contribution in [0.5, 0.6) is 0 Å². The number of nitrogens with two attached hydrogens (primary N) is 1. The second kappa shape index (κ2) is 5.75. The van der Waals surface area contributed by atoms with E-state index in [1.165, 1.54) is 0 Å². The summed E-state index contributed by atoms with van der Waals surface area (Å²) >= 11 is 0. The molecular formula is C11H18N2O. The zero-order valence-electron chi connectivity index (χ0n) is 8.73. The molecule has 1 rings (SSSR count). The summed E-state index contributed by atoms with van der Waals surface area (Å²) in [4.78, 5) is 0. The van der Waals surface area contributed by atoms with Crippen molar-refractivity contribution in [2.24, 2.45) is 5.84 Å². The SMILES string of the molecule is CCC(OC)C(NN)c1ccccc1. The normalized spacial score (nSPS) is 15.1. The van der Waals surface area contributed by atoms with Crippen LogP contribution in [-0.4, -0.2) is 13.2 Å². The van der Waals surface area contributed by atoms with Crippen LogP contribution in [-0.2, 0) is 4.74 Å². The predicted octanol–water partition coefficient (Wildman–Crippen LogP) is 1.62. The summed E-state index contributed by atoms with van der Waals surface area (Å²) in [6.45, 7) is 2.08. The minimum Gasteiger partial charge on any atom is -0.379 e. The maximum absolute atomic E-state index is 5.53. The maximum atomic E-state index is 5.53. The fourth-order valence-corrected chi connectivity index (χ4v) is 1.62. The van der Waals surface area contributed by atoms with Gasteiger partial charge in [0.25, 0.3) is 0 Å². The Morgan fingerprint density at radius 2 is 2.00 bits per heavy atom. The van der Waals surface area contributed by atoms with Crippen LogP contribution in [0.3, 0.4) is 0 Å². The van der Waals surface area contributed by atoms with Crippen LogP contribution in [0.15, 0.2) is 30.3 Å². The number of benzene rings is 1. The van der Waals surface area contributed by atoms with Crippen molar-refractivity contribution in [2.75, 3.05) is 7.11 Å². The van der Waals surface area contributed by atoms with E-state index < -0.39 is 0 Å². The number of hydrogen-bond acceptors (Lipinski definition) is 3. The molecule has 0 bridgehead atoms. The van der Waals surface area contributed by atoms with Crippen LogP contribution in [0.25, 0.3) is 0 Å². The molecule has 0 aromatic heterocycles. The van der Waals surface area contributed by atoms with Gasteiger partial charge in [0, 0.05) is 7.11 Å². The van der Waals surface area contributed by atoms with Gasteiger partial charge in [-0.05, 0) is 12.0 Å². The standard InChI is InChI=1S/C11H18N2O/c1-3-10(14-2)11(13-12)9-7-5-4-6-8-9/h4-8,10-11,13H,3,12H2,1-2H3. The first-order valence-corrected chi connectivity index (χ1v) is 4.87. The summed E-state index contributed by atoms with van der Waals surface area (Å²) in [5.41, 5.74) is 3.95. The third kappa shape index (κ3) is 2.54. The van der Waals surface area contributed by atoms with E-state index in [9.17, 15) is 0 Å². The highest BCUT2D eigenvalue weighted by atomic mass is 16.5. The van der Waals surface area contributed by atoms with Crippen molar-refractivity contribution < 1.29 is 4.74 Å². The summed E-state index contributed by atoms with van der Waals surface area (Å²) < 4.78 is 5.36. The van der Waals surface area contributed by atoms with Crippen molar-refractivity contribution >= 4 is 0 Å². The van der Waals surface area contributed by atoms with E-state index in [-0.39, 0.29) is 12.1 Å². The van der Waals surface area contributed by atoms with Crippen LogP contribution >= 0.6 is 0 Å². The quantitative estimate of drug-likeness (QED) is 0.553. The molecule has 0 heterocycles. The molecule has 0 aliphatic heterocycles. The monoisotopic (exact) mass is 194 g/mol. The molecule has 3 heteroatoms. The fraction of sp³-hybridized carbons (Fsp3) is 0.455. The van der Waals surface area contributed by atoms with Crippen molar-refractivity contribution in [2.45, 2.75) is 25.5 Å². The van der Waals surface area contributed by atoms with E-state index in [0.717, 1.165) is 12.0 Å². The highest BCUT2D eigenvalue weighted by Crippen LogP contribution is 2.19. The average molecular weight is 194 g/mol. The van der Waals surface area contributed by atoms with Crippen LogP contribution in [0.1, 0.15) is 24.9 Å². The first-order chi connectivity index (χ1) is 6.83. The molecular weight excluding hydrogens is 176 g/mol. The molecule has 0 radical (unpaired) electrons. The number of rotatable bonds is 5. The van der Waals surface area contributed by atoms with Gasteiger partial charge in [-0.1, -0.05) is 37.3 Å². The number of hydrogen-bond donors (Lipinski definition) is 2. The lowest BCUT2D eigenvalue weighted by Crippen LogP contribution is -2.37. The van der Waals surface area contributed by atoms with Crippen molar-refractivity contribution in [1.29, 1.82) is 0 Å². The topological polar surface area (TPSA) is 47.3 Å². The first-order valence-electron chi connectivity index (χ1n) is 4.87. The fourth-order valence-electron chi connectivity index (χ4n) is 1.62. The minimum absolute atomic E-state index is 0.0613. The summed E-state index contributed by atoms with van der Waals surface area (Å²) in [6.07, 6.45) is 1.04. The second-order valence-electron chi connectivity index (χ2n) is 3.24. The molecule has 0 amide bonds. The Labute approximate surface area is 85.2 Å². The Morgan fingerprint density at radius 1 is 1.36 bits per heavy atom. The molecule has 0 fully saturated rings. The van der Waals surface area contributed by atoms with Gasteiger partial charge in [0.15, 0.2) is 0 Å². The van der Waals surface area contributed by atoms with E-state index in [0.29, 0.717) is 0 Å². The molecule has 78 valence electrons. The molecule has 14 heavy (non-hydrogen) atoms. The van der Waals surface area contributed by atoms with Gasteiger partial charge < -0.3 is 4.74 Å². The van der Waals surface area contributed by atoms with Crippen molar-refractivity contribution in [3.05, 3.63) is 35.9 Å². The van der Waals surface area contributed by atoms with E-state index in [4.69, 9.17) is 10.6 Å². The van der Waals surface area contributed by atoms with Crippen LogP contribution in [0.4, 0.5) is 0 Å². The van der Waals surface area contributed by atoms with E-state index in [2.05, 4.69) is 12.3 Å². The molecule has 0 saturated carbocycles. The molecule has 0 saturated heterocycles. The van der Waals surface area contributed by atoms with Crippen molar-refractivity contribution in [1.82, 2.24) is 5.43 Å². The van der Waals surface area contributed by atoms with Crippen molar-refractivity contribution in [3.63, 3.8) is 0 Å². The van der Waals surface area contributed by atoms with Crippen LogP contribution in [0.2, 0.25) is 0 Å². The number of methoxy groups -OCH3 is 1. The molecule has 1 aromatic rings. The zero-order valence-corrected chi connectivity index (χ0v) is 8.73. The number of ether oxygens (including phenoxy) is 1. The molecule has 0 spiro atoms. The number of hydrazine groups is 1. The molecule has 3 N–H and O–H groups in total. The molecule has 2 unspecified atom stereocenters. The zero-order chi connectivity index (χ0) is 10.4.